The molecule has 0 amide bonds. The normalized spacial score (nSPS) is 32.5. The second-order valence-corrected chi connectivity index (χ2v) is 7.15. The van der Waals surface area contributed by atoms with E-state index in [1.807, 2.05) is 0 Å². The van der Waals surface area contributed by atoms with Gasteiger partial charge in [0.15, 0.2) is 9.84 Å². The van der Waals surface area contributed by atoms with Gasteiger partial charge in [0, 0.05) is 17.2 Å². The van der Waals surface area contributed by atoms with Crippen molar-refractivity contribution in [2.45, 2.75) is 16.7 Å². The zero-order valence-electron chi connectivity index (χ0n) is 9.30. The Labute approximate surface area is 105 Å². The van der Waals surface area contributed by atoms with Gasteiger partial charge < -0.3 is 10.8 Å². The summed E-state index contributed by atoms with van der Waals surface area (Å²) in [5, 5.41) is 9.13. The molecule has 1 aromatic rings. The molecular weight excluding hydrogens is 262 g/mol. The van der Waals surface area contributed by atoms with Gasteiger partial charge in [-0.3, -0.25) is 0 Å². The fourth-order valence-corrected chi connectivity index (χ4v) is 4.38. The molecule has 0 radical (unpaired) electrons. The fraction of sp³-hybridized carbons (Fsp3) is 0.455. The monoisotopic (exact) mass is 275 g/mol. The number of rotatable bonds is 3. The summed E-state index contributed by atoms with van der Waals surface area (Å²) in [5.41, 5.74) is 5.65. The van der Waals surface area contributed by atoms with Crippen LogP contribution >= 0.6 is 11.6 Å². The lowest BCUT2D eigenvalue weighted by atomic mass is 10.1. The van der Waals surface area contributed by atoms with Crippen LogP contribution in [0.1, 0.15) is 11.5 Å². The number of halogens is 1. The molecule has 0 heterocycles. The Balaban J connectivity index is 2.37. The lowest BCUT2D eigenvalue weighted by molar-refractivity contribution is 0.253. The Morgan fingerprint density at radius 2 is 1.94 bits per heavy atom. The SMILES string of the molecule is CS(=O)(=O)[C@@H]1[C@H](c2ccc(Cl)cc2)[C@]1(N)CO. The van der Waals surface area contributed by atoms with E-state index in [1.54, 1.807) is 24.3 Å². The fourth-order valence-electron chi connectivity index (χ4n) is 2.41. The Hall–Kier alpha value is -0.620. The van der Waals surface area contributed by atoms with Crippen molar-refractivity contribution in [2.24, 2.45) is 5.73 Å². The third kappa shape index (κ3) is 2.08. The zero-order chi connectivity index (χ0) is 12.8. The molecule has 0 saturated heterocycles. The molecule has 3 atom stereocenters. The van der Waals surface area contributed by atoms with E-state index in [1.165, 1.54) is 0 Å². The minimum atomic E-state index is -3.27. The van der Waals surface area contributed by atoms with E-state index < -0.39 is 20.6 Å². The first kappa shape index (κ1) is 12.8. The molecule has 17 heavy (non-hydrogen) atoms. The van der Waals surface area contributed by atoms with E-state index in [4.69, 9.17) is 17.3 Å². The highest BCUT2D eigenvalue weighted by atomic mass is 35.5. The van der Waals surface area contributed by atoms with Crippen molar-refractivity contribution in [2.75, 3.05) is 12.9 Å². The Bertz CT molecular complexity index is 528. The Morgan fingerprint density at radius 3 is 2.29 bits per heavy atom. The molecule has 1 aromatic carbocycles. The number of nitrogens with two attached hydrogens (primary N) is 1. The lowest BCUT2D eigenvalue weighted by Crippen LogP contribution is -2.34. The summed E-state index contributed by atoms with van der Waals surface area (Å²) < 4.78 is 23.2. The largest absolute Gasteiger partial charge is 0.394 e. The van der Waals surface area contributed by atoms with Gasteiger partial charge in [0.25, 0.3) is 0 Å². The molecule has 3 N–H and O–H groups in total. The van der Waals surface area contributed by atoms with Gasteiger partial charge in [-0.05, 0) is 17.7 Å². The number of hydrogen-bond donors (Lipinski definition) is 2. The van der Waals surface area contributed by atoms with Crippen molar-refractivity contribution >= 4 is 21.4 Å². The molecule has 6 heteroatoms. The number of sulfone groups is 1. The molecule has 0 aromatic heterocycles. The van der Waals surface area contributed by atoms with Crippen molar-refractivity contribution in [1.82, 2.24) is 0 Å². The third-order valence-electron chi connectivity index (χ3n) is 3.27. The number of aliphatic hydroxyl groups is 1. The summed E-state index contributed by atoms with van der Waals surface area (Å²) in [6, 6.07) is 6.86. The summed E-state index contributed by atoms with van der Waals surface area (Å²) >= 11 is 5.77. The zero-order valence-corrected chi connectivity index (χ0v) is 10.9. The summed E-state index contributed by atoms with van der Waals surface area (Å²) in [6.07, 6.45) is 1.14. The van der Waals surface area contributed by atoms with Crippen LogP contribution in [0.3, 0.4) is 0 Å². The minimum absolute atomic E-state index is 0.349. The summed E-state index contributed by atoms with van der Waals surface area (Å²) in [7, 11) is -3.27. The maximum absolute atomic E-state index is 11.6. The van der Waals surface area contributed by atoms with Gasteiger partial charge >= 0.3 is 0 Å². The number of hydrogen-bond acceptors (Lipinski definition) is 4. The minimum Gasteiger partial charge on any atom is -0.394 e. The summed E-state index contributed by atoms with van der Waals surface area (Å²) in [4.78, 5) is 0. The van der Waals surface area contributed by atoms with Gasteiger partial charge in [-0.2, -0.15) is 0 Å². The van der Waals surface area contributed by atoms with Crippen molar-refractivity contribution < 1.29 is 13.5 Å². The van der Waals surface area contributed by atoms with Gasteiger partial charge in [0.2, 0.25) is 0 Å². The van der Waals surface area contributed by atoms with E-state index in [-0.39, 0.29) is 12.5 Å². The van der Waals surface area contributed by atoms with Crippen molar-refractivity contribution in [1.29, 1.82) is 0 Å². The van der Waals surface area contributed by atoms with Gasteiger partial charge in [-0.25, -0.2) is 8.42 Å². The smallest absolute Gasteiger partial charge is 0.152 e. The lowest BCUT2D eigenvalue weighted by Gasteiger charge is -2.06. The van der Waals surface area contributed by atoms with Crippen LogP contribution in [-0.4, -0.2) is 37.2 Å². The molecule has 1 aliphatic rings. The molecule has 94 valence electrons. The van der Waals surface area contributed by atoms with Crippen molar-refractivity contribution in [3.63, 3.8) is 0 Å². The maximum atomic E-state index is 11.6. The number of aliphatic hydroxyl groups excluding tert-OH is 1. The molecule has 0 unspecified atom stereocenters. The highest BCUT2D eigenvalue weighted by Crippen LogP contribution is 2.53. The molecule has 1 aliphatic carbocycles. The maximum Gasteiger partial charge on any atom is 0.152 e. The van der Waals surface area contributed by atoms with Gasteiger partial charge in [0.05, 0.1) is 17.4 Å². The molecule has 2 rings (SSSR count). The van der Waals surface area contributed by atoms with Crippen LogP contribution in [0.15, 0.2) is 24.3 Å². The van der Waals surface area contributed by atoms with Gasteiger partial charge in [-0.1, -0.05) is 23.7 Å². The molecule has 0 bridgehead atoms. The standard InChI is InChI=1S/C11H14ClNO3S/c1-17(15,16)10-9(11(10,13)6-14)7-2-4-8(12)5-3-7/h2-5,9-10,14H,6,13H2,1H3/t9-,10+,11+/m0/s1. The van der Waals surface area contributed by atoms with Crippen molar-refractivity contribution in [3.8, 4) is 0 Å². The topological polar surface area (TPSA) is 80.4 Å². The second-order valence-electron chi connectivity index (χ2n) is 4.55. The first-order chi connectivity index (χ1) is 7.80. The van der Waals surface area contributed by atoms with E-state index in [0.717, 1.165) is 11.8 Å². The van der Waals surface area contributed by atoms with E-state index in [9.17, 15) is 13.5 Å². The Kier molecular flexibility index (Phi) is 2.98. The van der Waals surface area contributed by atoms with E-state index in [2.05, 4.69) is 0 Å². The average Bonchev–Trinajstić information content (AvgIpc) is 2.87. The van der Waals surface area contributed by atoms with Crippen LogP contribution in [-0.2, 0) is 9.84 Å². The van der Waals surface area contributed by atoms with Crippen LogP contribution < -0.4 is 5.73 Å². The molecule has 0 spiro atoms. The van der Waals surface area contributed by atoms with Gasteiger partial charge in [0.1, 0.15) is 0 Å². The van der Waals surface area contributed by atoms with E-state index in [0.29, 0.717) is 5.02 Å². The molecule has 4 nitrogen and oxygen atoms in total. The second kappa shape index (κ2) is 3.95. The Morgan fingerprint density at radius 1 is 1.41 bits per heavy atom. The van der Waals surface area contributed by atoms with E-state index >= 15 is 0 Å². The van der Waals surface area contributed by atoms with Crippen molar-refractivity contribution in [3.05, 3.63) is 34.9 Å². The molecule has 1 fully saturated rings. The molecular formula is C11H14ClNO3S. The summed E-state index contributed by atoms with van der Waals surface area (Å²) in [6.45, 7) is -0.349. The van der Waals surface area contributed by atoms with Crippen LogP contribution in [0.2, 0.25) is 5.02 Å². The highest BCUT2D eigenvalue weighted by molar-refractivity contribution is 7.91. The molecule has 0 aliphatic heterocycles. The number of benzene rings is 1. The van der Waals surface area contributed by atoms with Crippen LogP contribution in [0.4, 0.5) is 0 Å². The predicted octanol–water partition coefficient (Wildman–Crippen LogP) is 0.540. The van der Waals surface area contributed by atoms with Crippen LogP contribution in [0, 0.1) is 0 Å². The van der Waals surface area contributed by atoms with Crippen LogP contribution in [0.5, 0.6) is 0 Å². The molecule has 1 saturated carbocycles. The third-order valence-corrected chi connectivity index (χ3v) is 5.15. The van der Waals surface area contributed by atoms with Crippen LogP contribution in [0.25, 0.3) is 0 Å². The van der Waals surface area contributed by atoms with Gasteiger partial charge in [-0.15, -0.1) is 0 Å². The average molecular weight is 276 g/mol. The quantitative estimate of drug-likeness (QED) is 0.844. The predicted molar refractivity (Wildman–Crippen MR) is 66.8 cm³/mol. The first-order valence-electron chi connectivity index (χ1n) is 5.15. The summed E-state index contributed by atoms with van der Waals surface area (Å²) in [5.74, 6) is -0.361. The highest BCUT2D eigenvalue weighted by Gasteiger charge is 2.67. The first-order valence-corrected chi connectivity index (χ1v) is 7.48.